The minimum Gasteiger partial charge on any atom is -0.495 e. The van der Waals surface area contributed by atoms with Gasteiger partial charge in [0.05, 0.1) is 31.0 Å². The number of amides is 1. The Labute approximate surface area is 137 Å². The Hall–Kier alpha value is -2.54. The molecule has 0 bridgehead atoms. The van der Waals surface area contributed by atoms with E-state index in [0.29, 0.717) is 11.4 Å². The fraction of sp³-hybridized carbons (Fsp3) is 0.294. The first-order valence-electron chi connectivity index (χ1n) is 7.37. The van der Waals surface area contributed by atoms with Crippen molar-refractivity contribution in [3.05, 3.63) is 53.3 Å². The lowest BCUT2D eigenvalue weighted by Gasteiger charge is -2.18. The van der Waals surface area contributed by atoms with Crippen molar-refractivity contribution in [2.45, 2.75) is 25.5 Å². The second-order valence-corrected chi connectivity index (χ2v) is 5.54. The second kappa shape index (κ2) is 5.83. The molecule has 1 atom stereocenters. The molecule has 0 saturated carbocycles. The largest absolute Gasteiger partial charge is 0.495 e. The van der Waals surface area contributed by atoms with Crippen LogP contribution in [0.5, 0.6) is 5.75 Å². The van der Waals surface area contributed by atoms with E-state index in [9.17, 15) is 18.7 Å². The molecule has 3 rings (SSSR count). The molecule has 1 aliphatic heterocycles. The summed E-state index contributed by atoms with van der Waals surface area (Å²) in [6, 6.07) is 7.68. The van der Waals surface area contributed by atoms with Crippen LogP contribution in [0.15, 0.2) is 36.5 Å². The summed E-state index contributed by atoms with van der Waals surface area (Å²) in [6.45, 7) is 1.25. The van der Waals surface area contributed by atoms with Crippen molar-refractivity contribution < 1.29 is 23.4 Å². The molecule has 0 aliphatic carbocycles. The lowest BCUT2D eigenvalue weighted by molar-refractivity contribution is -0.141. The van der Waals surface area contributed by atoms with Crippen LogP contribution in [0.1, 0.15) is 29.8 Å². The SMILES string of the molecule is COc1cccnc1CN1C(=O)C(F)(F)c2c([C@H](C)O)cccc21. The van der Waals surface area contributed by atoms with E-state index in [1.807, 2.05) is 0 Å². The number of hydrogen-bond acceptors (Lipinski definition) is 4. The minimum absolute atomic E-state index is 0.0429. The van der Waals surface area contributed by atoms with E-state index in [4.69, 9.17) is 4.74 Å². The zero-order chi connectivity index (χ0) is 17.5. The molecule has 2 heterocycles. The van der Waals surface area contributed by atoms with E-state index in [0.717, 1.165) is 4.90 Å². The molecule has 1 amide bonds. The first-order valence-corrected chi connectivity index (χ1v) is 7.37. The monoisotopic (exact) mass is 334 g/mol. The first kappa shape index (κ1) is 16.3. The van der Waals surface area contributed by atoms with Gasteiger partial charge in [-0.25, -0.2) is 0 Å². The molecule has 1 aromatic heterocycles. The summed E-state index contributed by atoms with van der Waals surface area (Å²) in [5.74, 6) is -4.61. The maximum atomic E-state index is 14.5. The molecular formula is C17H16F2N2O3. The molecule has 0 spiro atoms. The number of rotatable bonds is 4. The van der Waals surface area contributed by atoms with Gasteiger partial charge in [0, 0.05) is 6.20 Å². The third-order valence-electron chi connectivity index (χ3n) is 4.02. The van der Waals surface area contributed by atoms with Gasteiger partial charge in [-0.05, 0) is 30.7 Å². The van der Waals surface area contributed by atoms with Gasteiger partial charge in [-0.2, -0.15) is 8.78 Å². The number of alkyl halides is 2. The second-order valence-electron chi connectivity index (χ2n) is 5.54. The van der Waals surface area contributed by atoms with Crippen LogP contribution in [0.3, 0.4) is 0 Å². The smallest absolute Gasteiger partial charge is 0.352 e. The summed E-state index contributed by atoms with van der Waals surface area (Å²) in [7, 11) is 1.44. The van der Waals surface area contributed by atoms with E-state index in [1.54, 1.807) is 12.1 Å². The van der Waals surface area contributed by atoms with Crippen molar-refractivity contribution in [2.75, 3.05) is 12.0 Å². The van der Waals surface area contributed by atoms with Crippen molar-refractivity contribution in [3.8, 4) is 5.75 Å². The standard InChI is InChI=1S/C17H16F2N2O3/c1-10(22)11-5-3-6-13-15(11)17(18,19)16(23)21(13)9-12-14(24-2)7-4-8-20-12/h3-8,10,22H,9H2,1-2H3/t10-/m0/s1. The maximum Gasteiger partial charge on any atom is 0.352 e. The zero-order valence-corrected chi connectivity index (χ0v) is 13.2. The number of pyridine rings is 1. The summed E-state index contributed by atoms with van der Waals surface area (Å²) in [6.07, 6.45) is 0.395. The van der Waals surface area contributed by atoms with Crippen molar-refractivity contribution in [2.24, 2.45) is 0 Å². The number of halogens is 2. The van der Waals surface area contributed by atoms with Crippen LogP contribution in [0.4, 0.5) is 14.5 Å². The molecule has 1 aromatic carbocycles. The highest BCUT2D eigenvalue weighted by Crippen LogP contribution is 2.48. The van der Waals surface area contributed by atoms with Crippen molar-refractivity contribution in [1.29, 1.82) is 0 Å². The summed E-state index contributed by atoms with van der Waals surface area (Å²) in [5, 5.41) is 9.77. The van der Waals surface area contributed by atoms with Crippen molar-refractivity contribution >= 4 is 11.6 Å². The first-order chi connectivity index (χ1) is 11.4. The number of aromatic nitrogens is 1. The number of carbonyl (C=O) groups is 1. The number of anilines is 1. The number of carbonyl (C=O) groups excluding carboxylic acids is 1. The Balaban J connectivity index is 2.09. The van der Waals surface area contributed by atoms with E-state index in [2.05, 4.69) is 4.98 Å². The Morgan fingerprint density at radius 2 is 2.08 bits per heavy atom. The molecule has 0 fully saturated rings. The molecule has 0 radical (unpaired) electrons. The average Bonchev–Trinajstić information content (AvgIpc) is 2.76. The third kappa shape index (κ3) is 2.41. The van der Waals surface area contributed by atoms with Gasteiger partial charge in [0.2, 0.25) is 0 Å². The molecule has 24 heavy (non-hydrogen) atoms. The average molecular weight is 334 g/mol. The van der Waals surface area contributed by atoms with Crippen LogP contribution in [0, 0.1) is 0 Å². The van der Waals surface area contributed by atoms with Crippen LogP contribution < -0.4 is 9.64 Å². The highest BCUT2D eigenvalue weighted by molar-refractivity contribution is 6.06. The topological polar surface area (TPSA) is 62.7 Å². The summed E-state index contributed by atoms with van der Waals surface area (Å²) in [4.78, 5) is 17.4. The van der Waals surface area contributed by atoms with Crippen LogP contribution >= 0.6 is 0 Å². The van der Waals surface area contributed by atoms with Crippen molar-refractivity contribution in [3.63, 3.8) is 0 Å². The predicted molar refractivity (Wildman–Crippen MR) is 82.9 cm³/mol. The molecule has 7 heteroatoms. The molecule has 126 valence electrons. The lowest BCUT2D eigenvalue weighted by Crippen LogP contribution is -2.34. The summed E-state index contributed by atoms with van der Waals surface area (Å²) < 4.78 is 34.2. The van der Waals surface area contributed by atoms with Gasteiger partial charge >= 0.3 is 11.8 Å². The van der Waals surface area contributed by atoms with Gasteiger partial charge in [0.1, 0.15) is 11.4 Å². The van der Waals surface area contributed by atoms with Crippen LogP contribution in [-0.2, 0) is 17.3 Å². The van der Waals surface area contributed by atoms with Gasteiger partial charge in [-0.1, -0.05) is 12.1 Å². The number of aliphatic hydroxyl groups is 1. The number of fused-ring (bicyclic) bond motifs is 1. The molecule has 2 aromatic rings. The number of nitrogens with zero attached hydrogens (tertiary/aromatic N) is 2. The number of ether oxygens (including phenoxy) is 1. The number of benzene rings is 1. The van der Waals surface area contributed by atoms with E-state index in [-0.39, 0.29) is 17.8 Å². The van der Waals surface area contributed by atoms with Gasteiger partial charge in [0.25, 0.3) is 0 Å². The Morgan fingerprint density at radius 1 is 1.33 bits per heavy atom. The van der Waals surface area contributed by atoms with Crippen LogP contribution in [-0.4, -0.2) is 23.1 Å². The van der Waals surface area contributed by atoms with Gasteiger partial charge in [0.15, 0.2) is 0 Å². The zero-order valence-electron chi connectivity index (χ0n) is 13.2. The highest BCUT2D eigenvalue weighted by Gasteiger charge is 2.54. The normalized spacial score (nSPS) is 16.9. The fourth-order valence-electron chi connectivity index (χ4n) is 2.89. The van der Waals surface area contributed by atoms with Gasteiger partial charge < -0.3 is 14.7 Å². The molecule has 5 nitrogen and oxygen atoms in total. The fourth-order valence-corrected chi connectivity index (χ4v) is 2.89. The van der Waals surface area contributed by atoms with Gasteiger partial charge in [-0.15, -0.1) is 0 Å². The highest BCUT2D eigenvalue weighted by atomic mass is 19.3. The Kier molecular flexibility index (Phi) is 3.96. The number of aliphatic hydroxyl groups excluding tert-OH is 1. The molecule has 1 aliphatic rings. The van der Waals surface area contributed by atoms with Gasteiger partial charge in [-0.3, -0.25) is 9.78 Å². The maximum absolute atomic E-state index is 14.5. The number of hydrogen-bond donors (Lipinski definition) is 1. The van der Waals surface area contributed by atoms with E-state index < -0.39 is 23.5 Å². The molecule has 0 saturated heterocycles. The molecular weight excluding hydrogens is 318 g/mol. The Morgan fingerprint density at radius 3 is 2.75 bits per heavy atom. The summed E-state index contributed by atoms with van der Waals surface area (Å²) in [5.41, 5.74) is 0.0526. The number of methoxy groups -OCH3 is 1. The van der Waals surface area contributed by atoms with Crippen LogP contribution in [0.25, 0.3) is 0 Å². The predicted octanol–water partition coefficient (Wildman–Crippen LogP) is 2.78. The Bertz CT molecular complexity index is 793. The van der Waals surface area contributed by atoms with E-state index in [1.165, 1.54) is 38.4 Å². The lowest BCUT2D eigenvalue weighted by atomic mass is 9.98. The van der Waals surface area contributed by atoms with E-state index >= 15 is 0 Å². The third-order valence-corrected chi connectivity index (χ3v) is 4.02. The molecule has 1 N–H and O–H groups in total. The van der Waals surface area contributed by atoms with Crippen molar-refractivity contribution in [1.82, 2.24) is 4.98 Å². The quantitative estimate of drug-likeness (QED) is 0.934. The minimum atomic E-state index is -3.69. The summed E-state index contributed by atoms with van der Waals surface area (Å²) >= 11 is 0. The van der Waals surface area contributed by atoms with Crippen LogP contribution in [0.2, 0.25) is 0 Å². The molecule has 0 unspecified atom stereocenters.